The Balaban J connectivity index is 1.22. The molecule has 2 unspecified atom stereocenters. The van der Waals surface area contributed by atoms with E-state index in [4.69, 9.17) is 4.74 Å². The van der Waals surface area contributed by atoms with Crippen LogP contribution in [0.3, 0.4) is 0 Å². The quantitative estimate of drug-likeness (QED) is 0.821. The van der Waals surface area contributed by atoms with Crippen molar-refractivity contribution < 1.29 is 9.84 Å². The van der Waals surface area contributed by atoms with Gasteiger partial charge in [0.05, 0.1) is 18.8 Å². The third-order valence-corrected chi connectivity index (χ3v) is 6.88. The number of ether oxygens (including phenoxy) is 1. The van der Waals surface area contributed by atoms with Gasteiger partial charge in [0.1, 0.15) is 0 Å². The Hall–Kier alpha value is -0.940. The van der Waals surface area contributed by atoms with E-state index in [1.807, 2.05) is 6.07 Å². The summed E-state index contributed by atoms with van der Waals surface area (Å²) in [5.41, 5.74) is 1.57. The van der Waals surface area contributed by atoms with Crippen molar-refractivity contribution in [3.63, 3.8) is 0 Å². The Morgan fingerprint density at radius 3 is 2.62 bits per heavy atom. The Bertz CT molecular complexity index is 597. The maximum absolute atomic E-state index is 10.6. The number of benzene rings is 1. The zero-order valence-corrected chi connectivity index (χ0v) is 16.4. The molecule has 0 bridgehead atoms. The fourth-order valence-electron chi connectivity index (χ4n) is 5.95. The second kappa shape index (κ2) is 7.23. The molecule has 26 heavy (non-hydrogen) atoms. The largest absolute Gasteiger partial charge is 0.391 e. The van der Waals surface area contributed by atoms with E-state index in [1.54, 1.807) is 0 Å². The summed E-state index contributed by atoms with van der Waals surface area (Å²) < 4.78 is 6.01. The number of aliphatic hydroxyl groups is 1. The van der Waals surface area contributed by atoms with E-state index in [0.29, 0.717) is 36.1 Å². The van der Waals surface area contributed by atoms with E-state index in [-0.39, 0.29) is 12.1 Å². The van der Waals surface area contributed by atoms with Crippen molar-refractivity contribution in [1.82, 2.24) is 10.2 Å². The summed E-state index contributed by atoms with van der Waals surface area (Å²) in [4.78, 5) is 2.47. The fraction of sp³-hybridized carbons (Fsp3) is 0.727. The summed E-state index contributed by atoms with van der Waals surface area (Å²) >= 11 is 0. The molecule has 3 aliphatic rings. The Morgan fingerprint density at radius 1 is 1.23 bits per heavy atom. The van der Waals surface area contributed by atoms with Gasteiger partial charge in [-0.3, -0.25) is 0 Å². The van der Waals surface area contributed by atoms with Crippen LogP contribution in [0.5, 0.6) is 0 Å². The highest BCUT2D eigenvalue weighted by molar-refractivity contribution is 5.14. The standard InChI is InChI=1S/C22H34N2O2/c1-15(2)21-22(14-24(21)3)11-19(20(25)12-22)23-17-9-18(10-17)26-13-16-7-5-4-6-8-16/h4-8,15,17-21,23,25H,9-14H2,1-3H3/t17?,18?,19-,20-,21?,22?/m1/s1. The molecule has 0 amide bonds. The van der Waals surface area contributed by atoms with Crippen molar-refractivity contribution in [2.24, 2.45) is 11.3 Å². The molecule has 1 spiro atoms. The minimum Gasteiger partial charge on any atom is -0.391 e. The van der Waals surface area contributed by atoms with E-state index in [1.165, 1.54) is 5.56 Å². The minimum atomic E-state index is -0.200. The summed E-state index contributed by atoms with van der Waals surface area (Å²) in [6.07, 6.45) is 4.37. The number of aliphatic hydroxyl groups excluding tert-OH is 1. The monoisotopic (exact) mass is 358 g/mol. The summed E-state index contributed by atoms with van der Waals surface area (Å²) in [5, 5.41) is 14.4. The molecule has 1 aliphatic heterocycles. The predicted octanol–water partition coefficient (Wildman–Crippen LogP) is 2.80. The molecular formula is C22H34N2O2. The van der Waals surface area contributed by atoms with Crippen molar-refractivity contribution in [3.05, 3.63) is 35.9 Å². The van der Waals surface area contributed by atoms with Gasteiger partial charge in [-0.25, -0.2) is 0 Å². The third kappa shape index (κ3) is 3.45. The SMILES string of the molecule is CC(C)C1N(C)CC12C[C@@H](O)[C@H](NC1CC(OCc3ccccc3)C1)C2. The zero-order chi connectivity index (χ0) is 18.3. The van der Waals surface area contributed by atoms with Crippen molar-refractivity contribution in [3.8, 4) is 0 Å². The van der Waals surface area contributed by atoms with Gasteiger partial charge in [-0.15, -0.1) is 0 Å². The average molecular weight is 359 g/mol. The lowest BCUT2D eigenvalue weighted by Gasteiger charge is -2.57. The van der Waals surface area contributed by atoms with Gasteiger partial charge in [0.2, 0.25) is 0 Å². The van der Waals surface area contributed by atoms with Gasteiger partial charge in [0.15, 0.2) is 0 Å². The van der Waals surface area contributed by atoms with Crippen LogP contribution in [0.2, 0.25) is 0 Å². The molecule has 2 aliphatic carbocycles. The lowest BCUT2D eigenvalue weighted by Crippen LogP contribution is -2.64. The van der Waals surface area contributed by atoms with Crippen LogP contribution >= 0.6 is 0 Å². The Morgan fingerprint density at radius 2 is 1.96 bits per heavy atom. The molecule has 0 radical (unpaired) electrons. The number of likely N-dealkylation sites (tertiary alicyclic amines) is 1. The molecule has 0 aromatic heterocycles. The fourth-order valence-corrected chi connectivity index (χ4v) is 5.95. The minimum absolute atomic E-state index is 0.200. The van der Waals surface area contributed by atoms with Gasteiger partial charge in [-0.05, 0) is 44.2 Å². The molecule has 2 N–H and O–H groups in total. The second-order valence-electron chi connectivity index (χ2n) is 9.30. The first-order valence-electron chi connectivity index (χ1n) is 10.3. The van der Waals surface area contributed by atoms with E-state index in [0.717, 1.165) is 32.2 Å². The summed E-state index contributed by atoms with van der Waals surface area (Å²) in [5.74, 6) is 0.652. The number of hydrogen-bond donors (Lipinski definition) is 2. The van der Waals surface area contributed by atoms with Crippen LogP contribution in [-0.2, 0) is 11.3 Å². The number of hydrogen-bond acceptors (Lipinski definition) is 4. The average Bonchev–Trinajstić information content (AvgIpc) is 2.87. The molecule has 4 nitrogen and oxygen atoms in total. The van der Waals surface area contributed by atoms with Crippen LogP contribution in [0.1, 0.15) is 45.1 Å². The van der Waals surface area contributed by atoms with Gasteiger partial charge in [-0.1, -0.05) is 44.2 Å². The van der Waals surface area contributed by atoms with E-state index in [2.05, 4.69) is 55.4 Å². The highest BCUT2D eigenvalue weighted by Crippen LogP contribution is 2.52. The van der Waals surface area contributed by atoms with Crippen LogP contribution in [0.4, 0.5) is 0 Å². The van der Waals surface area contributed by atoms with Gasteiger partial charge < -0.3 is 20.1 Å². The molecule has 144 valence electrons. The van der Waals surface area contributed by atoms with Gasteiger partial charge in [-0.2, -0.15) is 0 Å². The first-order chi connectivity index (χ1) is 12.5. The molecule has 3 fully saturated rings. The molecule has 1 saturated heterocycles. The maximum Gasteiger partial charge on any atom is 0.0720 e. The van der Waals surface area contributed by atoms with Gasteiger partial charge >= 0.3 is 0 Å². The molecule has 1 aromatic rings. The van der Waals surface area contributed by atoms with Crippen molar-refractivity contribution >= 4 is 0 Å². The number of rotatable bonds is 6. The normalized spacial score (nSPS) is 40.0. The zero-order valence-electron chi connectivity index (χ0n) is 16.4. The summed E-state index contributed by atoms with van der Waals surface area (Å²) in [6, 6.07) is 11.8. The first-order valence-corrected chi connectivity index (χ1v) is 10.3. The molecule has 4 rings (SSSR count). The molecular weight excluding hydrogens is 324 g/mol. The van der Waals surface area contributed by atoms with Gasteiger partial charge in [0, 0.05) is 30.1 Å². The molecule has 4 heteroatoms. The van der Waals surface area contributed by atoms with Crippen molar-refractivity contribution in [2.45, 2.75) is 76.5 Å². The predicted molar refractivity (Wildman–Crippen MR) is 104 cm³/mol. The van der Waals surface area contributed by atoms with Gasteiger partial charge in [0.25, 0.3) is 0 Å². The van der Waals surface area contributed by atoms with Crippen molar-refractivity contribution in [2.75, 3.05) is 13.6 Å². The maximum atomic E-state index is 10.6. The third-order valence-electron chi connectivity index (χ3n) is 6.88. The molecule has 1 aromatic carbocycles. The van der Waals surface area contributed by atoms with Crippen LogP contribution < -0.4 is 5.32 Å². The van der Waals surface area contributed by atoms with E-state index >= 15 is 0 Å². The molecule has 1 heterocycles. The smallest absolute Gasteiger partial charge is 0.0720 e. The topological polar surface area (TPSA) is 44.7 Å². The lowest BCUT2D eigenvalue weighted by molar-refractivity contribution is -0.0831. The lowest BCUT2D eigenvalue weighted by atomic mass is 9.66. The highest BCUT2D eigenvalue weighted by atomic mass is 16.5. The van der Waals surface area contributed by atoms with E-state index in [9.17, 15) is 5.11 Å². The van der Waals surface area contributed by atoms with Crippen LogP contribution in [0.15, 0.2) is 30.3 Å². The summed E-state index contributed by atoms with van der Waals surface area (Å²) in [6.45, 7) is 6.47. The van der Waals surface area contributed by atoms with Crippen LogP contribution in [-0.4, -0.2) is 53.9 Å². The second-order valence-corrected chi connectivity index (χ2v) is 9.30. The Kier molecular flexibility index (Phi) is 5.13. The number of nitrogens with one attached hydrogen (secondary N) is 1. The highest BCUT2D eigenvalue weighted by Gasteiger charge is 2.58. The number of nitrogens with zero attached hydrogens (tertiary/aromatic N) is 1. The first kappa shape index (κ1) is 18.4. The van der Waals surface area contributed by atoms with Crippen LogP contribution in [0.25, 0.3) is 0 Å². The Labute approximate surface area is 157 Å². The molecule has 2 saturated carbocycles. The summed E-state index contributed by atoms with van der Waals surface area (Å²) in [7, 11) is 2.23. The van der Waals surface area contributed by atoms with Crippen molar-refractivity contribution in [1.29, 1.82) is 0 Å². The van der Waals surface area contributed by atoms with E-state index < -0.39 is 0 Å². The van der Waals surface area contributed by atoms with Crippen LogP contribution in [0, 0.1) is 11.3 Å². The molecule has 4 atom stereocenters.